The molecule has 0 saturated heterocycles. The second-order valence-corrected chi connectivity index (χ2v) is 3.11. The van der Waals surface area contributed by atoms with Crippen LogP contribution in [0, 0.1) is 12.7 Å². The van der Waals surface area contributed by atoms with Crippen molar-refractivity contribution in [2.24, 2.45) is 0 Å². The monoisotopic (exact) mass is 166 g/mol. The van der Waals surface area contributed by atoms with Crippen LogP contribution in [0.5, 0.6) is 5.75 Å². The zero-order valence-corrected chi connectivity index (χ0v) is 7.06. The summed E-state index contributed by atoms with van der Waals surface area (Å²) in [5.74, 6) is 0.594. The highest BCUT2D eigenvalue weighted by atomic mass is 19.1. The van der Waals surface area contributed by atoms with Gasteiger partial charge in [0.2, 0.25) is 0 Å². The summed E-state index contributed by atoms with van der Waals surface area (Å²) in [7, 11) is 0. The van der Waals surface area contributed by atoms with Gasteiger partial charge in [-0.15, -0.1) is 0 Å². The smallest absolute Gasteiger partial charge is 0.129 e. The van der Waals surface area contributed by atoms with Crippen molar-refractivity contribution in [3.8, 4) is 5.75 Å². The third kappa shape index (κ3) is 1.07. The molecule has 0 unspecified atom stereocenters. The number of hydrogen-bond acceptors (Lipinski definition) is 1. The van der Waals surface area contributed by atoms with Crippen molar-refractivity contribution in [1.82, 2.24) is 0 Å². The Morgan fingerprint density at radius 2 is 2.25 bits per heavy atom. The maximum absolute atomic E-state index is 13.0. The van der Waals surface area contributed by atoms with Crippen molar-refractivity contribution < 1.29 is 9.13 Å². The van der Waals surface area contributed by atoms with Crippen LogP contribution in [0.4, 0.5) is 4.39 Å². The summed E-state index contributed by atoms with van der Waals surface area (Å²) in [5.41, 5.74) is 1.78. The van der Waals surface area contributed by atoms with Crippen molar-refractivity contribution in [1.29, 1.82) is 0 Å². The van der Waals surface area contributed by atoms with Crippen LogP contribution in [-0.4, -0.2) is 6.61 Å². The van der Waals surface area contributed by atoms with Gasteiger partial charge in [-0.1, -0.05) is 6.07 Å². The Morgan fingerprint density at radius 1 is 1.42 bits per heavy atom. The summed E-state index contributed by atoms with van der Waals surface area (Å²) >= 11 is 0. The summed E-state index contributed by atoms with van der Waals surface area (Å²) in [6, 6.07) is 3.33. The van der Waals surface area contributed by atoms with Crippen molar-refractivity contribution in [2.75, 3.05) is 6.61 Å². The van der Waals surface area contributed by atoms with Crippen LogP contribution in [0.25, 0.3) is 0 Å². The molecular formula is C10H11FO. The van der Waals surface area contributed by atoms with Crippen molar-refractivity contribution in [2.45, 2.75) is 19.8 Å². The fraction of sp³-hybridized carbons (Fsp3) is 0.400. The first-order valence-corrected chi connectivity index (χ1v) is 4.20. The molecule has 0 aliphatic carbocycles. The topological polar surface area (TPSA) is 9.23 Å². The molecule has 0 fully saturated rings. The van der Waals surface area contributed by atoms with E-state index in [1.54, 1.807) is 6.92 Å². The summed E-state index contributed by atoms with van der Waals surface area (Å²) in [5, 5.41) is 0. The van der Waals surface area contributed by atoms with E-state index in [0.717, 1.165) is 30.8 Å². The fourth-order valence-electron chi connectivity index (χ4n) is 1.56. The van der Waals surface area contributed by atoms with Gasteiger partial charge in [-0.2, -0.15) is 0 Å². The van der Waals surface area contributed by atoms with Crippen LogP contribution in [-0.2, 0) is 6.42 Å². The standard InChI is InChI=1S/C10H11FO/c1-7-9(11)5-4-8-3-2-6-12-10(7)8/h4-5H,2-3,6H2,1H3. The van der Waals surface area contributed by atoms with Gasteiger partial charge in [-0.25, -0.2) is 4.39 Å². The van der Waals surface area contributed by atoms with Crippen molar-refractivity contribution in [3.63, 3.8) is 0 Å². The Balaban J connectivity index is 2.54. The molecule has 1 aromatic rings. The molecule has 1 aliphatic rings. The molecule has 1 aliphatic heterocycles. The van der Waals surface area contributed by atoms with E-state index in [4.69, 9.17) is 4.74 Å². The van der Waals surface area contributed by atoms with Gasteiger partial charge in [0.15, 0.2) is 0 Å². The Hall–Kier alpha value is -1.05. The van der Waals surface area contributed by atoms with Gasteiger partial charge in [-0.05, 0) is 31.4 Å². The fourth-order valence-corrected chi connectivity index (χ4v) is 1.56. The minimum Gasteiger partial charge on any atom is -0.493 e. The van der Waals surface area contributed by atoms with Gasteiger partial charge in [0.05, 0.1) is 6.61 Å². The van der Waals surface area contributed by atoms with E-state index < -0.39 is 0 Å². The lowest BCUT2D eigenvalue weighted by molar-refractivity contribution is 0.284. The van der Waals surface area contributed by atoms with E-state index >= 15 is 0 Å². The lowest BCUT2D eigenvalue weighted by Gasteiger charge is -2.19. The van der Waals surface area contributed by atoms with Crippen molar-refractivity contribution >= 4 is 0 Å². The lowest BCUT2D eigenvalue weighted by Crippen LogP contribution is -2.10. The average Bonchev–Trinajstić information content (AvgIpc) is 2.12. The van der Waals surface area contributed by atoms with E-state index in [1.807, 2.05) is 6.07 Å². The average molecular weight is 166 g/mol. The Kier molecular flexibility index (Phi) is 1.75. The maximum Gasteiger partial charge on any atom is 0.129 e. The maximum atomic E-state index is 13.0. The summed E-state index contributed by atoms with van der Waals surface area (Å²) < 4.78 is 18.4. The first kappa shape index (κ1) is 7.59. The molecule has 1 nitrogen and oxygen atoms in total. The number of fused-ring (bicyclic) bond motifs is 1. The highest BCUT2D eigenvalue weighted by Gasteiger charge is 2.14. The number of hydrogen-bond donors (Lipinski definition) is 0. The minimum atomic E-state index is -0.171. The quantitative estimate of drug-likeness (QED) is 0.575. The SMILES string of the molecule is Cc1c(F)ccc2c1OCCC2. The minimum absolute atomic E-state index is 0.171. The third-order valence-corrected chi connectivity index (χ3v) is 2.26. The number of aryl methyl sites for hydroxylation is 1. The van der Waals surface area contributed by atoms with Gasteiger partial charge in [0.25, 0.3) is 0 Å². The highest BCUT2D eigenvalue weighted by Crippen LogP contribution is 2.29. The summed E-state index contributed by atoms with van der Waals surface area (Å²) in [4.78, 5) is 0. The molecule has 0 radical (unpaired) electrons. The molecule has 0 amide bonds. The summed E-state index contributed by atoms with van der Waals surface area (Å²) in [6.45, 7) is 2.48. The zero-order valence-electron chi connectivity index (χ0n) is 7.06. The van der Waals surface area contributed by atoms with Crippen LogP contribution in [0.1, 0.15) is 17.5 Å². The first-order valence-electron chi connectivity index (χ1n) is 4.20. The molecule has 12 heavy (non-hydrogen) atoms. The third-order valence-electron chi connectivity index (χ3n) is 2.26. The summed E-state index contributed by atoms with van der Waals surface area (Å²) in [6.07, 6.45) is 2.05. The normalized spacial score (nSPS) is 15.2. The molecule has 2 heteroatoms. The largest absolute Gasteiger partial charge is 0.493 e. The van der Waals surface area contributed by atoms with E-state index in [9.17, 15) is 4.39 Å². The predicted molar refractivity (Wildman–Crippen MR) is 45.0 cm³/mol. The second kappa shape index (κ2) is 2.77. The highest BCUT2D eigenvalue weighted by molar-refractivity contribution is 5.42. The number of rotatable bonds is 0. The number of halogens is 1. The van der Waals surface area contributed by atoms with E-state index in [1.165, 1.54) is 6.07 Å². The molecule has 0 bridgehead atoms. The molecule has 2 rings (SSSR count). The molecule has 0 spiro atoms. The molecule has 0 atom stereocenters. The van der Waals surface area contributed by atoms with Gasteiger partial charge in [0, 0.05) is 5.56 Å². The van der Waals surface area contributed by atoms with E-state index in [2.05, 4.69) is 0 Å². The molecule has 1 heterocycles. The predicted octanol–water partition coefficient (Wildman–Crippen LogP) is 2.46. The molecule has 0 saturated carbocycles. The van der Waals surface area contributed by atoms with E-state index in [-0.39, 0.29) is 5.82 Å². The number of ether oxygens (including phenoxy) is 1. The Morgan fingerprint density at radius 3 is 3.08 bits per heavy atom. The first-order chi connectivity index (χ1) is 5.79. The zero-order chi connectivity index (χ0) is 8.55. The number of benzene rings is 1. The Labute approximate surface area is 71.2 Å². The molecule has 0 N–H and O–H groups in total. The van der Waals surface area contributed by atoms with Crippen LogP contribution < -0.4 is 4.74 Å². The molecular weight excluding hydrogens is 155 g/mol. The van der Waals surface area contributed by atoms with Crippen LogP contribution >= 0.6 is 0 Å². The lowest BCUT2D eigenvalue weighted by atomic mass is 10.0. The van der Waals surface area contributed by atoms with Crippen LogP contribution in [0.15, 0.2) is 12.1 Å². The van der Waals surface area contributed by atoms with E-state index in [0.29, 0.717) is 5.56 Å². The van der Waals surface area contributed by atoms with Gasteiger partial charge >= 0.3 is 0 Å². The molecule has 0 aromatic heterocycles. The molecule has 1 aromatic carbocycles. The van der Waals surface area contributed by atoms with Gasteiger partial charge in [-0.3, -0.25) is 0 Å². The van der Waals surface area contributed by atoms with Gasteiger partial charge in [0.1, 0.15) is 11.6 Å². The second-order valence-electron chi connectivity index (χ2n) is 3.11. The Bertz CT molecular complexity index is 307. The van der Waals surface area contributed by atoms with Gasteiger partial charge < -0.3 is 4.74 Å². The van der Waals surface area contributed by atoms with Crippen molar-refractivity contribution in [3.05, 3.63) is 29.1 Å². The molecule has 64 valence electrons. The van der Waals surface area contributed by atoms with Crippen LogP contribution in [0.3, 0.4) is 0 Å². The van der Waals surface area contributed by atoms with Crippen LogP contribution in [0.2, 0.25) is 0 Å².